The largest absolute Gasteiger partial charge is 0.325 e. The third-order valence-electron chi connectivity index (χ3n) is 7.23. The van der Waals surface area contributed by atoms with Crippen molar-refractivity contribution in [3.05, 3.63) is 131 Å². The van der Waals surface area contributed by atoms with Crippen molar-refractivity contribution in [2.45, 2.75) is 57.1 Å². The van der Waals surface area contributed by atoms with Crippen molar-refractivity contribution in [2.75, 3.05) is 10.6 Å². The summed E-state index contributed by atoms with van der Waals surface area (Å²) in [5.74, 6) is -0.502. The average molecular weight is 606 g/mol. The van der Waals surface area contributed by atoms with Crippen LogP contribution in [0, 0.1) is 6.92 Å². The maximum atomic E-state index is 13.4. The van der Waals surface area contributed by atoms with E-state index in [4.69, 9.17) is 0 Å². The summed E-state index contributed by atoms with van der Waals surface area (Å²) in [6, 6.07) is 30.0. The van der Waals surface area contributed by atoms with Gasteiger partial charge in [-0.25, -0.2) is 0 Å². The lowest BCUT2D eigenvalue weighted by Crippen LogP contribution is -2.30. The molecule has 1 atom stereocenters. The van der Waals surface area contributed by atoms with Crippen LogP contribution in [-0.2, 0) is 16.0 Å². The van der Waals surface area contributed by atoms with Gasteiger partial charge < -0.3 is 16.0 Å². The first-order valence-electron chi connectivity index (χ1n) is 14.8. The minimum absolute atomic E-state index is 0.0678. The highest BCUT2D eigenvalue weighted by Crippen LogP contribution is 2.28. The number of benzene rings is 4. The van der Waals surface area contributed by atoms with E-state index in [-0.39, 0.29) is 22.8 Å². The zero-order valence-electron chi connectivity index (χ0n) is 25.8. The van der Waals surface area contributed by atoms with Gasteiger partial charge in [-0.15, -0.1) is 11.8 Å². The molecule has 0 saturated heterocycles. The van der Waals surface area contributed by atoms with Crippen LogP contribution in [0.15, 0.2) is 108 Å². The molecule has 3 amide bonds. The van der Waals surface area contributed by atoms with E-state index in [1.807, 2.05) is 74.5 Å². The number of hydrogen-bond acceptors (Lipinski definition) is 4. The van der Waals surface area contributed by atoms with Crippen molar-refractivity contribution in [3.8, 4) is 0 Å². The van der Waals surface area contributed by atoms with Crippen molar-refractivity contribution >= 4 is 46.9 Å². The third-order valence-corrected chi connectivity index (χ3v) is 8.34. The zero-order valence-corrected chi connectivity index (χ0v) is 26.6. The van der Waals surface area contributed by atoms with E-state index in [1.54, 1.807) is 42.5 Å². The average Bonchev–Trinajstić information content (AvgIpc) is 3.03. The Balaban J connectivity index is 1.45. The lowest BCUT2D eigenvalue weighted by molar-refractivity contribution is -0.115. The summed E-state index contributed by atoms with van der Waals surface area (Å²) < 4.78 is 0. The Kier molecular flexibility index (Phi) is 11.2. The van der Waals surface area contributed by atoms with Gasteiger partial charge in [0.2, 0.25) is 5.91 Å². The molecule has 0 aliphatic rings. The van der Waals surface area contributed by atoms with Crippen LogP contribution in [0.1, 0.15) is 66.2 Å². The van der Waals surface area contributed by atoms with E-state index in [2.05, 4.69) is 36.7 Å². The quantitative estimate of drug-likeness (QED) is 0.119. The first-order chi connectivity index (χ1) is 21.1. The van der Waals surface area contributed by atoms with Crippen LogP contribution in [0.4, 0.5) is 11.4 Å². The summed E-state index contributed by atoms with van der Waals surface area (Å²) in [4.78, 5) is 40.2. The summed E-state index contributed by atoms with van der Waals surface area (Å²) >= 11 is 1.44. The fraction of sp³-hybridized carbons (Fsp3) is 0.216. The molecule has 0 heterocycles. The molecule has 7 heteroatoms. The lowest BCUT2D eigenvalue weighted by Gasteiger charge is -2.16. The van der Waals surface area contributed by atoms with Crippen LogP contribution in [0.5, 0.6) is 0 Å². The second-order valence-electron chi connectivity index (χ2n) is 10.9. The Morgan fingerprint density at radius 3 is 2.11 bits per heavy atom. The summed E-state index contributed by atoms with van der Waals surface area (Å²) in [5.41, 5.74) is 6.16. The number of carbonyl (C=O) groups is 3. The highest BCUT2D eigenvalue weighted by Gasteiger charge is 2.18. The Morgan fingerprint density at radius 1 is 0.795 bits per heavy atom. The van der Waals surface area contributed by atoms with Gasteiger partial charge in [-0.05, 0) is 90.9 Å². The number of anilines is 2. The number of hydrogen-bond donors (Lipinski definition) is 3. The molecule has 6 nitrogen and oxygen atoms in total. The number of thioether (sulfide) groups is 1. The monoisotopic (exact) mass is 605 g/mol. The van der Waals surface area contributed by atoms with E-state index < -0.39 is 5.91 Å². The summed E-state index contributed by atoms with van der Waals surface area (Å²) in [6.45, 7) is 10.2. The van der Waals surface area contributed by atoms with Crippen molar-refractivity contribution in [2.24, 2.45) is 0 Å². The molecule has 0 spiro atoms. The number of amides is 3. The highest BCUT2D eigenvalue weighted by atomic mass is 32.2. The van der Waals surface area contributed by atoms with Gasteiger partial charge in [-0.2, -0.15) is 0 Å². The second kappa shape index (κ2) is 15.2. The topological polar surface area (TPSA) is 87.3 Å². The number of para-hydroxylation sites is 1. The number of aryl methyl sites for hydroxylation is 2. The molecule has 0 aliphatic carbocycles. The van der Waals surface area contributed by atoms with Crippen LogP contribution in [0.25, 0.3) is 6.08 Å². The molecule has 1 unspecified atom stereocenters. The maximum Gasteiger partial charge on any atom is 0.272 e. The van der Waals surface area contributed by atoms with Crippen molar-refractivity contribution in [3.63, 3.8) is 0 Å². The molecule has 0 bridgehead atoms. The molecule has 4 aromatic rings. The minimum Gasteiger partial charge on any atom is -0.325 e. The van der Waals surface area contributed by atoms with Crippen LogP contribution >= 0.6 is 11.8 Å². The minimum atomic E-state index is -0.444. The Bertz CT molecular complexity index is 1630. The number of carbonyl (C=O) groups excluding carboxylic acids is 3. The summed E-state index contributed by atoms with van der Waals surface area (Å²) in [7, 11) is 0. The molecule has 0 radical (unpaired) electrons. The molecular weight excluding hydrogens is 566 g/mol. The predicted molar refractivity (Wildman–Crippen MR) is 182 cm³/mol. The molecule has 44 heavy (non-hydrogen) atoms. The summed E-state index contributed by atoms with van der Waals surface area (Å²) in [5, 5.41) is 8.44. The SMILES string of the molecule is CCc1cccc(C)c1NC(=O)C(C)Sc1ccc(NC(=O)/C(=C/c2ccc(C(C)C)cc2)NC(=O)c2ccccc2)cc1. The van der Waals surface area contributed by atoms with Crippen LogP contribution in [-0.4, -0.2) is 23.0 Å². The molecule has 4 aromatic carbocycles. The van der Waals surface area contributed by atoms with Gasteiger partial charge in [0.15, 0.2) is 0 Å². The van der Waals surface area contributed by atoms with E-state index in [0.717, 1.165) is 33.7 Å². The molecule has 0 fully saturated rings. The first kappa shape index (κ1) is 32.3. The summed E-state index contributed by atoms with van der Waals surface area (Å²) in [6.07, 6.45) is 2.51. The van der Waals surface area contributed by atoms with Crippen molar-refractivity contribution in [1.82, 2.24) is 5.32 Å². The Morgan fingerprint density at radius 2 is 1.48 bits per heavy atom. The van der Waals surface area contributed by atoms with E-state index in [0.29, 0.717) is 17.2 Å². The van der Waals surface area contributed by atoms with Gasteiger partial charge in [-0.1, -0.05) is 81.4 Å². The van der Waals surface area contributed by atoms with Gasteiger partial charge in [0.05, 0.1) is 5.25 Å². The molecule has 0 aromatic heterocycles. The van der Waals surface area contributed by atoms with Gasteiger partial charge in [0.25, 0.3) is 11.8 Å². The van der Waals surface area contributed by atoms with Crippen LogP contribution in [0.2, 0.25) is 0 Å². The Hall–Kier alpha value is -4.62. The van der Waals surface area contributed by atoms with E-state index in [9.17, 15) is 14.4 Å². The van der Waals surface area contributed by atoms with E-state index >= 15 is 0 Å². The van der Waals surface area contributed by atoms with Gasteiger partial charge >= 0.3 is 0 Å². The first-order valence-corrected chi connectivity index (χ1v) is 15.7. The van der Waals surface area contributed by atoms with Crippen molar-refractivity contribution < 1.29 is 14.4 Å². The van der Waals surface area contributed by atoms with Gasteiger partial charge in [0.1, 0.15) is 5.70 Å². The highest BCUT2D eigenvalue weighted by molar-refractivity contribution is 8.00. The molecule has 0 saturated carbocycles. The predicted octanol–water partition coefficient (Wildman–Crippen LogP) is 8.21. The van der Waals surface area contributed by atoms with Crippen LogP contribution in [0.3, 0.4) is 0 Å². The zero-order chi connectivity index (χ0) is 31.6. The number of nitrogens with one attached hydrogen (secondary N) is 3. The van der Waals surface area contributed by atoms with E-state index in [1.165, 1.54) is 17.3 Å². The van der Waals surface area contributed by atoms with Crippen LogP contribution < -0.4 is 16.0 Å². The molecular formula is C37H39N3O3S. The molecule has 4 rings (SSSR count). The Labute approximate surface area is 264 Å². The normalized spacial score (nSPS) is 12.0. The van der Waals surface area contributed by atoms with Gasteiger partial charge in [0, 0.05) is 21.8 Å². The fourth-order valence-electron chi connectivity index (χ4n) is 4.59. The second-order valence-corrected chi connectivity index (χ2v) is 12.3. The van der Waals surface area contributed by atoms with Gasteiger partial charge in [-0.3, -0.25) is 14.4 Å². The third kappa shape index (κ3) is 8.71. The lowest BCUT2D eigenvalue weighted by atomic mass is 10.0. The smallest absolute Gasteiger partial charge is 0.272 e. The molecule has 226 valence electrons. The standard InChI is InChI=1S/C37H39N3O3S/c1-6-28-14-10-11-25(4)34(28)40-35(41)26(5)44-32-21-19-31(20-22-32)38-37(43)33(39-36(42)30-12-8-7-9-13-30)23-27-15-17-29(18-16-27)24(2)3/h7-24,26H,6H2,1-5H3,(H,38,43)(H,39,42)(H,40,41)/b33-23-. The number of rotatable bonds is 11. The maximum absolute atomic E-state index is 13.4. The molecule has 0 aliphatic heterocycles. The molecule has 3 N–H and O–H groups in total. The van der Waals surface area contributed by atoms with Crippen molar-refractivity contribution in [1.29, 1.82) is 0 Å². The fourth-order valence-corrected chi connectivity index (χ4v) is 5.45.